The molecule has 0 saturated heterocycles. The molecule has 0 heterocycles. The van der Waals surface area contributed by atoms with Crippen LogP contribution < -0.4 is 0 Å². The second-order valence-electron chi connectivity index (χ2n) is 3.02. The van der Waals surface area contributed by atoms with Gasteiger partial charge in [-0.3, -0.25) is 0 Å². The van der Waals surface area contributed by atoms with Crippen LogP contribution in [0.3, 0.4) is 0 Å². The van der Waals surface area contributed by atoms with E-state index in [1.165, 1.54) is 0 Å². The van der Waals surface area contributed by atoms with Gasteiger partial charge < -0.3 is 4.90 Å². The van der Waals surface area contributed by atoms with Crippen molar-refractivity contribution in [3.63, 3.8) is 0 Å². The number of nitrogens with zero attached hydrogens (tertiary/aromatic N) is 1. The first-order valence-electron chi connectivity index (χ1n) is 3.33. The van der Waals surface area contributed by atoms with Crippen LogP contribution in [-0.4, -0.2) is 33.3 Å². The Morgan fingerprint density at radius 3 is 2.00 bits per heavy atom. The van der Waals surface area contributed by atoms with Gasteiger partial charge in [-0.15, -0.1) is 0 Å². The molecule has 0 bridgehead atoms. The number of hydrogen-bond acceptors (Lipinski definition) is 1. The van der Waals surface area contributed by atoms with Gasteiger partial charge >= 0.3 is 0 Å². The highest BCUT2D eigenvalue weighted by Crippen LogP contribution is 2.10. The van der Waals surface area contributed by atoms with Gasteiger partial charge in [0, 0.05) is 6.17 Å². The van der Waals surface area contributed by atoms with Crippen molar-refractivity contribution < 1.29 is 0 Å². The highest BCUT2D eigenvalue weighted by molar-refractivity contribution is 7.07. The Balaban J connectivity index is 3.38. The van der Waals surface area contributed by atoms with E-state index in [1.807, 2.05) is 0 Å². The molecule has 1 unspecified atom stereocenters. The summed E-state index contributed by atoms with van der Waals surface area (Å²) in [5, 5.41) is 0. The molecule has 0 aliphatic rings. The monoisotopic (exact) mass is 165 g/mol. The van der Waals surface area contributed by atoms with Crippen LogP contribution in [-0.2, 0) is 0 Å². The van der Waals surface area contributed by atoms with E-state index in [9.17, 15) is 0 Å². The normalized spacial score (nSPS) is 15.0. The average Bonchev–Trinajstić information content (AvgIpc) is 1.63. The fourth-order valence-corrected chi connectivity index (χ4v) is 2.51. The third kappa shape index (κ3) is 4.94. The molecule has 0 aromatic rings. The maximum absolute atomic E-state index is 6.11. The van der Waals surface area contributed by atoms with Gasteiger partial charge in [0.2, 0.25) is 0 Å². The zero-order valence-electron chi connectivity index (χ0n) is 6.69. The minimum atomic E-state index is -0.935. The minimum Gasteiger partial charge on any atom is -0.311 e. The number of halogens is 1. The van der Waals surface area contributed by atoms with Crippen LogP contribution >= 0.6 is 11.1 Å². The predicted octanol–water partition coefficient (Wildman–Crippen LogP) is 1.46. The third-order valence-electron chi connectivity index (χ3n) is 1.26. The highest BCUT2D eigenvalue weighted by Gasteiger charge is 2.11. The molecule has 56 valence electrons. The van der Waals surface area contributed by atoms with Gasteiger partial charge in [-0.2, -0.15) is 11.1 Å². The lowest BCUT2D eigenvalue weighted by molar-refractivity contribution is 0.474. The van der Waals surface area contributed by atoms with Crippen molar-refractivity contribution in [1.29, 1.82) is 0 Å². The molecule has 0 N–H and O–H groups in total. The van der Waals surface area contributed by atoms with Crippen LogP contribution in [0, 0.1) is 0 Å². The molecule has 0 aromatic heterocycles. The van der Waals surface area contributed by atoms with Crippen molar-refractivity contribution in [2.24, 2.45) is 0 Å². The molecule has 0 spiro atoms. The molecule has 0 amide bonds. The lowest BCUT2D eigenvalue weighted by atomic mass is 10.6. The van der Waals surface area contributed by atoms with Gasteiger partial charge in [-0.25, -0.2) is 0 Å². The van der Waals surface area contributed by atoms with E-state index in [0.717, 1.165) is 6.17 Å². The summed E-state index contributed by atoms with van der Waals surface area (Å²) < 4.78 is 0. The molecule has 0 rings (SSSR count). The molecule has 9 heavy (non-hydrogen) atoms. The maximum Gasteiger partial charge on any atom is 0.157 e. The average molecular weight is 166 g/mol. The number of hydrogen-bond donors (Lipinski definition) is 0. The Bertz CT molecular complexity index is 75.5. The lowest BCUT2D eigenvalue weighted by Gasteiger charge is -2.15. The molecule has 3 heteroatoms. The van der Waals surface area contributed by atoms with Gasteiger partial charge in [0.1, 0.15) is 0 Å². The van der Waals surface area contributed by atoms with Crippen molar-refractivity contribution >= 4 is 19.2 Å². The Kier molecular flexibility index (Phi) is 4.53. The minimum absolute atomic E-state index is 0.717. The van der Waals surface area contributed by atoms with E-state index in [4.69, 9.17) is 11.1 Å². The Hall–Kier alpha value is 0.467. The van der Waals surface area contributed by atoms with Crippen molar-refractivity contribution in [3.8, 4) is 0 Å². The summed E-state index contributed by atoms with van der Waals surface area (Å²) in [5.41, 5.74) is 0.717. The molecule has 0 aliphatic heterocycles. The molecule has 0 aliphatic carbocycles. The van der Waals surface area contributed by atoms with Crippen molar-refractivity contribution in [2.45, 2.75) is 19.4 Å². The van der Waals surface area contributed by atoms with Gasteiger partial charge in [-0.05, 0) is 19.6 Å². The summed E-state index contributed by atoms with van der Waals surface area (Å²) in [6, 6.07) is 0. The van der Waals surface area contributed by atoms with Crippen molar-refractivity contribution in [1.82, 2.24) is 4.90 Å². The van der Waals surface area contributed by atoms with E-state index in [2.05, 4.69) is 32.8 Å². The second kappa shape index (κ2) is 4.31. The Morgan fingerprint density at radius 2 is 1.89 bits per heavy atom. The molecule has 1 nitrogen and oxygen atoms in total. The fraction of sp³-hybridized carbons (Fsp3) is 1.00. The van der Waals surface area contributed by atoms with Crippen LogP contribution in [0.1, 0.15) is 13.8 Å². The quantitative estimate of drug-likeness (QED) is 0.452. The summed E-state index contributed by atoms with van der Waals surface area (Å²) in [6.45, 7) is 4.40. The van der Waals surface area contributed by atoms with Gasteiger partial charge in [0.25, 0.3) is 0 Å². The first-order valence-corrected chi connectivity index (χ1v) is 6.55. The Labute approximate surface area is 64.3 Å². The van der Waals surface area contributed by atoms with E-state index in [1.54, 1.807) is 0 Å². The van der Waals surface area contributed by atoms with E-state index in [-0.39, 0.29) is 0 Å². The summed E-state index contributed by atoms with van der Waals surface area (Å²) >= 11 is 6.11. The lowest BCUT2D eigenvalue weighted by Crippen LogP contribution is -2.27. The van der Waals surface area contributed by atoms with E-state index < -0.39 is 8.11 Å². The van der Waals surface area contributed by atoms with Gasteiger partial charge in [-0.1, -0.05) is 13.8 Å². The Morgan fingerprint density at radius 1 is 1.44 bits per heavy atom. The summed E-state index contributed by atoms with van der Waals surface area (Å²) in [7, 11) is 3.21. The van der Waals surface area contributed by atoms with Crippen molar-refractivity contribution in [2.75, 3.05) is 20.3 Å². The van der Waals surface area contributed by atoms with E-state index >= 15 is 0 Å². The first kappa shape index (κ1) is 9.47. The molecule has 0 saturated carbocycles. The molecule has 0 radical (unpaired) electrons. The first-order chi connectivity index (χ1) is 4.04. The molecule has 1 atom stereocenters. The topological polar surface area (TPSA) is 3.24 Å². The SMILES string of the molecule is CC(C)[SiH](Cl)CN(C)C. The van der Waals surface area contributed by atoms with E-state index in [0.29, 0.717) is 5.54 Å². The van der Waals surface area contributed by atoms with Crippen LogP contribution in [0.25, 0.3) is 0 Å². The third-order valence-corrected chi connectivity index (χ3v) is 5.71. The molecule has 0 fully saturated rings. The summed E-state index contributed by atoms with van der Waals surface area (Å²) in [4.78, 5) is 2.17. The molecular weight excluding hydrogens is 150 g/mol. The summed E-state index contributed by atoms with van der Waals surface area (Å²) in [5.74, 6) is 0. The summed E-state index contributed by atoms with van der Waals surface area (Å²) in [6.07, 6.45) is 1.11. The highest BCUT2D eigenvalue weighted by atomic mass is 35.6. The molecular formula is C6H16ClNSi. The zero-order valence-corrected chi connectivity index (χ0v) is 8.60. The second-order valence-corrected chi connectivity index (χ2v) is 7.43. The largest absolute Gasteiger partial charge is 0.311 e. The number of rotatable bonds is 3. The van der Waals surface area contributed by atoms with Gasteiger partial charge in [0.15, 0.2) is 8.11 Å². The van der Waals surface area contributed by atoms with Crippen LogP contribution in [0.2, 0.25) is 5.54 Å². The van der Waals surface area contributed by atoms with Gasteiger partial charge in [0.05, 0.1) is 0 Å². The van der Waals surface area contributed by atoms with Crippen LogP contribution in [0.5, 0.6) is 0 Å². The van der Waals surface area contributed by atoms with Crippen LogP contribution in [0.4, 0.5) is 0 Å². The fourth-order valence-electron chi connectivity index (χ4n) is 0.560. The van der Waals surface area contributed by atoms with Crippen LogP contribution in [0.15, 0.2) is 0 Å². The predicted molar refractivity (Wildman–Crippen MR) is 46.7 cm³/mol. The molecule has 0 aromatic carbocycles. The maximum atomic E-state index is 6.11. The standard InChI is InChI=1S/C6H16ClNSi/c1-6(2)9(7)5-8(3)4/h6,9H,5H2,1-4H3. The zero-order chi connectivity index (χ0) is 7.44. The van der Waals surface area contributed by atoms with Crippen molar-refractivity contribution in [3.05, 3.63) is 0 Å². The smallest absolute Gasteiger partial charge is 0.157 e.